The zero-order valence-electron chi connectivity index (χ0n) is 15.5. The number of hydrogen-bond donors (Lipinski definition) is 0. The van der Waals surface area contributed by atoms with Crippen LogP contribution in [0.1, 0.15) is 25.5 Å². The number of nitrogens with zero attached hydrogens (tertiary/aromatic N) is 2. The minimum atomic E-state index is -4.44. The third-order valence-corrected chi connectivity index (χ3v) is 5.05. The molecule has 8 heteroatoms. The predicted octanol–water partition coefficient (Wildman–Crippen LogP) is 5.07. The first-order chi connectivity index (χ1) is 13.2. The van der Waals surface area contributed by atoms with Gasteiger partial charge in [-0.25, -0.2) is 4.98 Å². The van der Waals surface area contributed by atoms with Gasteiger partial charge in [0.15, 0.2) is 0 Å². The molecule has 1 fully saturated rings. The molecule has 0 aliphatic carbocycles. The van der Waals surface area contributed by atoms with Crippen molar-refractivity contribution in [2.45, 2.75) is 31.5 Å². The van der Waals surface area contributed by atoms with Crippen LogP contribution in [0, 0.1) is 0 Å². The van der Waals surface area contributed by atoms with Crippen LogP contribution in [0.3, 0.4) is 0 Å². The Labute approximate surface area is 167 Å². The minimum Gasteiger partial charge on any atom is -0.491 e. The Balaban J connectivity index is 1.41. The van der Waals surface area contributed by atoms with Crippen molar-refractivity contribution in [3.63, 3.8) is 0 Å². The summed E-state index contributed by atoms with van der Waals surface area (Å²) in [6.07, 6.45) is -1.59. The van der Waals surface area contributed by atoms with Gasteiger partial charge in [-0.15, -0.1) is 0 Å². The van der Waals surface area contributed by atoms with Crippen LogP contribution in [0.15, 0.2) is 42.6 Å². The third kappa shape index (κ3) is 5.75. The number of alkyl halides is 3. The number of pyridine rings is 1. The van der Waals surface area contributed by atoms with Crippen LogP contribution in [0.25, 0.3) is 0 Å². The smallest absolute Gasteiger partial charge is 0.433 e. The van der Waals surface area contributed by atoms with Gasteiger partial charge in [0.25, 0.3) is 0 Å². The van der Waals surface area contributed by atoms with E-state index in [1.165, 1.54) is 6.07 Å². The Bertz CT molecular complexity index is 759. The second kappa shape index (κ2) is 8.57. The first-order valence-corrected chi connectivity index (χ1v) is 9.44. The molecule has 0 radical (unpaired) electrons. The van der Waals surface area contributed by atoms with Crippen molar-refractivity contribution in [3.8, 4) is 11.5 Å². The zero-order valence-corrected chi connectivity index (χ0v) is 16.3. The van der Waals surface area contributed by atoms with Crippen LogP contribution in [-0.2, 0) is 6.18 Å². The molecule has 3 rings (SSSR count). The monoisotopic (exact) mass is 414 g/mol. The highest BCUT2D eigenvalue weighted by molar-refractivity contribution is 6.30. The van der Waals surface area contributed by atoms with Crippen LogP contribution < -0.4 is 9.47 Å². The van der Waals surface area contributed by atoms with E-state index in [0.29, 0.717) is 23.9 Å². The van der Waals surface area contributed by atoms with Crippen molar-refractivity contribution in [3.05, 3.63) is 53.3 Å². The number of rotatable bonds is 6. The summed E-state index contributed by atoms with van der Waals surface area (Å²) in [5.41, 5.74) is -1.15. The molecule has 0 unspecified atom stereocenters. The largest absolute Gasteiger partial charge is 0.491 e. The number of hydrogen-bond acceptors (Lipinski definition) is 4. The van der Waals surface area contributed by atoms with Gasteiger partial charge in [0.05, 0.1) is 6.20 Å². The molecule has 2 heterocycles. The highest BCUT2D eigenvalue weighted by Crippen LogP contribution is 2.30. The maximum absolute atomic E-state index is 12.5. The lowest BCUT2D eigenvalue weighted by atomic mass is 9.93. The van der Waals surface area contributed by atoms with E-state index in [1.807, 2.05) is 24.3 Å². The van der Waals surface area contributed by atoms with E-state index in [2.05, 4.69) is 16.8 Å². The van der Waals surface area contributed by atoms with Crippen LogP contribution in [0.4, 0.5) is 13.2 Å². The maximum Gasteiger partial charge on any atom is 0.433 e. The first kappa shape index (κ1) is 20.7. The molecule has 0 atom stereocenters. The number of piperidine rings is 1. The average Bonchev–Trinajstić information content (AvgIpc) is 2.65. The van der Waals surface area contributed by atoms with E-state index >= 15 is 0 Å². The van der Waals surface area contributed by atoms with Gasteiger partial charge in [-0.3, -0.25) is 4.90 Å². The van der Waals surface area contributed by atoms with E-state index < -0.39 is 11.9 Å². The lowest BCUT2D eigenvalue weighted by molar-refractivity contribution is -0.141. The number of halogens is 4. The van der Waals surface area contributed by atoms with Gasteiger partial charge < -0.3 is 9.47 Å². The van der Waals surface area contributed by atoms with E-state index in [1.54, 1.807) is 0 Å². The van der Waals surface area contributed by atoms with E-state index in [9.17, 15) is 13.2 Å². The molecule has 0 spiro atoms. The number of benzene rings is 1. The third-order valence-electron chi connectivity index (χ3n) is 4.79. The molecule has 2 aromatic rings. The maximum atomic E-state index is 12.5. The molecular formula is C20H22ClF3N2O2. The molecule has 1 aromatic heterocycles. The SMILES string of the molecule is CC1(Oc2ccc(Cl)cc2)CCN(CCOc2ccc(C(F)(F)F)nc2)CC1. The summed E-state index contributed by atoms with van der Waals surface area (Å²) in [6, 6.07) is 9.57. The fourth-order valence-corrected chi connectivity index (χ4v) is 3.19. The Morgan fingerprint density at radius 1 is 1.07 bits per heavy atom. The fraction of sp³-hybridized carbons (Fsp3) is 0.450. The van der Waals surface area contributed by atoms with Crippen molar-refractivity contribution < 1.29 is 22.6 Å². The molecule has 28 heavy (non-hydrogen) atoms. The Morgan fingerprint density at radius 2 is 1.71 bits per heavy atom. The second-order valence-electron chi connectivity index (χ2n) is 7.07. The summed E-state index contributed by atoms with van der Waals surface area (Å²) in [5.74, 6) is 1.14. The number of likely N-dealkylation sites (tertiary alicyclic amines) is 1. The van der Waals surface area contributed by atoms with Crippen molar-refractivity contribution in [2.75, 3.05) is 26.2 Å². The van der Waals surface area contributed by atoms with Crippen LogP contribution in [0.2, 0.25) is 5.02 Å². The highest BCUT2D eigenvalue weighted by Gasteiger charge is 2.33. The summed E-state index contributed by atoms with van der Waals surface area (Å²) in [6.45, 7) is 4.90. The molecule has 0 saturated carbocycles. The molecular weight excluding hydrogens is 393 g/mol. The summed E-state index contributed by atoms with van der Waals surface area (Å²) >= 11 is 5.90. The zero-order chi connectivity index (χ0) is 20.2. The molecule has 1 saturated heterocycles. The van der Waals surface area contributed by atoms with Crippen LogP contribution in [-0.4, -0.2) is 41.7 Å². The molecule has 4 nitrogen and oxygen atoms in total. The number of aromatic nitrogens is 1. The van der Waals surface area contributed by atoms with Gasteiger partial charge in [-0.2, -0.15) is 13.2 Å². The highest BCUT2D eigenvalue weighted by atomic mass is 35.5. The van der Waals surface area contributed by atoms with E-state index in [4.69, 9.17) is 21.1 Å². The standard InChI is InChI=1S/C20H22ClF3N2O2/c1-19(28-16-4-2-15(21)3-5-16)8-10-26(11-9-19)12-13-27-17-6-7-18(25-14-17)20(22,23)24/h2-7,14H,8-13H2,1H3. The van der Waals surface area contributed by atoms with Gasteiger partial charge in [0.2, 0.25) is 0 Å². The molecule has 1 aliphatic heterocycles. The van der Waals surface area contributed by atoms with Gasteiger partial charge in [0.1, 0.15) is 29.4 Å². The van der Waals surface area contributed by atoms with Crippen LogP contribution >= 0.6 is 11.6 Å². The number of ether oxygens (including phenoxy) is 2. The van der Waals surface area contributed by atoms with Crippen LogP contribution in [0.5, 0.6) is 11.5 Å². The quantitative estimate of drug-likeness (QED) is 0.661. The van der Waals surface area contributed by atoms with Crippen molar-refractivity contribution in [2.24, 2.45) is 0 Å². The average molecular weight is 415 g/mol. The Kier molecular flexibility index (Phi) is 6.35. The fourth-order valence-electron chi connectivity index (χ4n) is 3.06. The van der Waals surface area contributed by atoms with Gasteiger partial charge in [0, 0.05) is 24.7 Å². The molecule has 152 valence electrons. The molecule has 0 N–H and O–H groups in total. The Hall–Kier alpha value is -1.99. The lowest BCUT2D eigenvalue weighted by Gasteiger charge is -2.39. The second-order valence-corrected chi connectivity index (χ2v) is 7.51. The summed E-state index contributed by atoms with van der Waals surface area (Å²) in [4.78, 5) is 5.65. The van der Waals surface area contributed by atoms with Crippen molar-refractivity contribution in [1.29, 1.82) is 0 Å². The molecule has 1 aliphatic rings. The summed E-state index contributed by atoms with van der Waals surface area (Å²) in [5, 5.41) is 0.676. The molecule has 0 bridgehead atoms. The lowest BCUT2D eigenvalue weighted by Crippen LogP contribution is -2.47. The molecule has 0 amide bonds. The Morgan fingerprint density at radius 3 is 2.29 bits per heavy atom. The first-order valence-electron chi connectivity index (χ1n) is 9.07. The predicted molar refractivity (Wildman–Crippen MR) is 101 cm³/mol. The van der Waals surface area contributed by atoms with Gasteiger partial charge in [-0.1, -0.05) is 11.6 Å². The normalized spacial score (nSPS) is 17.3. The van der Waals surface area contributed by atoms with E-state index in [-0.39, 0.29) is 5.60 Å². The minimum absolute atomic E-state index is 0.234. The van der Waals surface area contributed by atoms with Gasteiger partial charge in [-0.05, 0) is 56.2 Å². The van der Waals surface area contributed by atoms with Crippen molar-refractivity contribution in [1.82, 2.24) is 9.88 Å². The summed E-state index contributed by atoms with van der Waals surface area (Å²) in [7, 11) is 0. The van der Waals surface area contributed by atoms with Crippen molar-refractivity contribution >= 4 is 11.6 Å². The van der Waals surface area contributed by atoms with E-state index in [0.717, 1.165) is 43.9 Å². The topological polar surface area (TPSA) is 34.6 Å². The van der Waals surface area contributed by atoms with Gasteiger partial charge >= 0.3 is 6.18 Å². The summed E-state index contributed by atoms with van der Waals surface area (Å²) < 4.78 is 49.2. The molecule has 1 aromatic carbocycles.